The molecule has 0 unspecified atom stereocenters. The first-order valence-electron chi connectivity index (χ1n) is 8.04. The van der Waals surface area contributed by atoms with Gasteiger partial charge in [0.25, 0.3) is 10.0 Å². The van der Waals surface area contributed by atoms with Crippen LogP contribution in [0.25, 0.3) is 0 Å². The molecule has 1 N–H and O–H groups in total. The van der Waals surface area contributed by atoms with Crippen molar-refractivity contribution in [2.45, 2.75) is 31.6 Å². The minimum atomic E-state index is -3.71. The number of fused-ring (bicyclic) bond motifs is 1. The van der Waals surface area contributed by atoms with E-state index >= 15 is 0 Å². The van der Waals surface area contributed by atoms with Gasteiger partial charge in [-0.3, -0.25) is 9.52 Å². The Kier molecular flexibility index (Phi) is 4.75. The molecule has 132 valence electrons. The molecule has 0 radical (unpaired) electrons. The number of sulfonamides is 1. The fourth-order valence-electron chi connectivity index (χ4n) is 2.94. The number of hydrogen-bond donors (Lipinski definition) is 1. The molecule has 1 aliphatic heterocycles. The summed E-state index contributed by atoms with van der Waals surface area (Å²) in [4.78, 5) is 13.8. The van der Waals surface area contributed by atoms with Gasteiger partial charge in [-0.2, -0.15) is 0 Å². The zero-order chi connectivity index (χ0) is 18.2. The molecule has 0 saturated carbocycles. The second-order valence-electron chi connectivity index (χ2n) is 6.00. The predicted molar refractivity (Wildman–Crippen MR) is 99.8 cm³/mol. The highest BCUT2D eigenvalue weighted by Crippen LogP contribution is 2.31. The van der Waals surface area contributed by atoms with E-state index in [0.717, 1.165) is 16.8 Å². The first-order chi connectivity index (χ1) is 11.8. The maximum Gasteiger partial charge on any atom is 0.261 e. The van der Waals surface area contributed by atoms with Crippen LogP contribution in [0.2, 0.25) is 5.02 Å². The predicted octanol–water partition coefficient (Wildman–Crippen LogP) is 3.75. The third-order valence-electron chi connectivity index (χ3n) is 4.29. The van der Waals surface area contributed by atoms with E-state index in [-0.39, 0.29) is 10.8 Å². The van der Waals surface area contributed by atoms with Gasteiger partial charge in [0.2, 0.25) is 5.91 Å². The van der Waals surface area contributed by atoms with Crippen LogP contribution in [-0.4, -0.2) is 20.9 Å². The first-order valence-corrected chi connectivity index (χ1v) is 9.90. The topological polar surface area (TPSA) is 66.5 Å². The highest BCUT2D eigenvalue weighted by molar-refractivity contribution is 7.92. The second kappa shape index (κ2) is 6.69. The van der Waals surface area contributed by atoms with Crippen LogP contribution < -0.4 is 9.62 Å². The van der Waals surface area contributed by atoms with E-state index in [2.05, 4.69) is 4.72 Å². The van der Waals surface area contributed by atoms with Crippen molar-refractivity contribution in [1.29, 1.82) is 0 Å². The molecular weight excluding hydrogens is 360 g/mol. The van der Waals surface area contributed by atoms with Crippen LogP contribution in [0.1, 0.15) is 24.5 Å². The fourth-order valence-corrected chi connectivity index (χ4v) is 4.35. The molecule has 0 fully saturated rings. The monoisotopic (exact) mass is 378 g/mol. The zero-order valence-electron chi connectivity index (χ0n) is 14.0. The zero-order valence-corrected chi connectivity index (χ0v) is 15.6. The molecule has 1 aliphatic rings. The number of hydrogen-bond acceptors (Lipinski definition) is 3. The molecule has 2 aromatic rings. The molecule has 0 atom stereocenters. The molecular formula is C18H19ClN2O3S. The molecule has 2 aromatic carbocycles. The lowest BCUT2D eigenvalue weighted by atomic mass is 10.2. The summed E-state index contributed by atoms with van der Waals surface area (Å²) in [6.07, 6.45) is 1.08. The standard InChI is InChI=1S/C18H19ClN2O3S/c1-3-18(22)21-9-8-13-11-15(5-7-17(13)21)25(23,24)20-16-6-4-14(19)10-12(16)2/h4-7,10-11,20H,3,8-9H2,1-2H3. The number of benzene rings is 2. The third-order valence-corrected chi connectivity index (χ3v) is 5.89. The average Bonchev–Trinajstić information content (AvgIpc) is 3.00. The number of carbonyl (C=O) groups excluding carboxylic acids is 1. The minimum Gasteiger partial charge on any atom is -0.312 e. The van der Waals surface area contributed by atoms with Gasteiger partial charge in [0.15, 0.2) is 0 Å². The van der Waals surface area contributed by atoms with E-state index in [4.69, 9.17) is 11.6 Å². The first kappa shape index (κ1) is 17.8. The molecule has 0 saturated heterocycles. The van der Waals surface area contributed by atoms with E-state index in [1.165, 1.54) is 6.07 Å². The van der Waals surface area contributed by atoms with E-state index in [0.29, 0.717) is 30.1 Å². The molecule has 7 heteroatoms. The van der Waals surface area contributed by atoms with Gasteiger partial charge in [-0.05, 0) is 60.9 Å². The van der Waals surface area contributed by atoms with E-state index in [1.54, 1.807) is 42.2 Å². The number of carbonyl (C=O) groups is 1. The summed E-state index contributed by atoms with van der Waals surface area (Å²) in [6, 6.07) is 9.88. The highest BCUT2D eigenvalue weighted by atomic mass is 35.5. The molecule has 0 spiro atoms. The Balaban J connectivity index is 1.90. The van der Waals surface area contributed by atoms with Crippen LogP contribution in [0.4, 0.5) is 11.4 Å². The van der Waals surface area contributed by atoms with Crippen LogP contribution in [0, 0.1) is 6.92 Å². The number of nitrogens with one attached hydrogen (secondary N) is 1. The van der Waals surface area contributed by atoms with Crippen LogP contribution in [0.5, 0.6) is 0 Å². The summed E-state index contributed by atoms with van der Waals surface area (Å²) >= 11 is 5.91. The number of nitrogens with zero attached hydrogens (tertiary/aromatic N) is 1. The Morgan fingerprint density at radius 3 is 2.68 bits per heavy atom. The lowest BCUT2D eigenvalue weighted by Crippen LogP contribution is -2.27. The number of amides is 1. The minimum absolute atomic E-state index is 0.0456. The summed E-state index contributed by atoms with van der Waals surface area (Å²) in [5.41, 5.74) is 2.91. The quantitative estimate of drug-likeness (QED) is 0.881. The third kappa shape index (κ3) is 3.50. The number of anilines is 2. The molecule has 5 nitrogen and oxygen atoms in total. The SMILES string of the molecule is CCC(=O)N1CCc2cc(S(=O)(=O)Nc3ccc(Cl)cc3C)ccc21. The summed E-state index contributed by atoms with van der Waals surface area (Å²) in [5, 5.41) is 0.554. The summed E-state index contributed by atoms with van der Waals surface area (Å²) in [7, 11) is -3.71. The number of rotatable bonds is 4. The molecule has 1 amide bonds. The van der Waals surface area contributed by atoms with Gasteiger partial charge in [-0.1, -0.05) is 18.5 Å². The van der Waals surface area contributed by atoms with Crippen LogP contribution in [-0.2, 0) is 21.2 Å². The smallest absolute Gasteiger partial charge is 0.261 e. The summed E-state index contributed by atoms with van der Waals surface area (Å²) < 4.78 is 28.0. The molecule has 25 heavy (non-hydrogen) atoms. The Morgan fingerprint density at radius 2 is 2.00 bits per heavy atom. The van der Waals surface area contributed by atoms with Crippen LogP contribution in [0.3, 0.4) is 0 Å². The Bertz CT molecular complexity index is 941. The largest absolute Gasteiger partial charge is 0.312 e. The van der Waals surface area contributed by atoms with Crippen molar-refractivity contribution in [2.24, 2.45) is 0 Å². The van der Waals surface area contributed by atoms with Gasteiger partial charge in [-0.15, -0.1) is 0 Å². The van der Waals surface area contributed by atoms with Gasteiger partial charge >= 0.3 is 0 Å². The molecule has 0 aromatic heterocycles. The van der Waals surface area contributed by atoms with Crippen molar-refractivity contribution in [3.63, 3.8) is 0 Å². The van der Waals surface area contributed by atoms with Crippen molar-refractivity contribution < 1.29 is 13.2 Å². The van der Waals surface area contributed by atoms with Gasteiger partial charge < -0.3 is 4.90 Å². The summed E-state index contributed by atoms with van der Waals surface area (Å²) in [5.74, 6) is 0.0456. The van der Waals surface area contributed by atoms with Crippen LogP contribution >= 0.6 is 11.6 Å². The fraction of sp³-hybridized carbons (Fsp3) is 0.278. The Morgan fingerprint density at radius 1 is 1.24 bits per heavy atom. The van der Waals surface area contributed by atoms with Gasteiger partial charge in [-0.25, -0.2) is 8.42 Å². The number of halogens is 1. The van der Waals surface area contributed by atoms with E-state index < -0.39 is 10.0 Å². The molecule has 1 heterocycles. The van der Waals surface area contributed by atoms with Crippen molar-refractivity contribution in [3.8, 4) is 0 Å². The summed E-state index contributed by atoms with van der Waals surface area (Å²) in [6.45, 7) is 4.20. The van der Waals surface area contributed by atoms with Crippen molar-refractivity contribution >= 4 is 38.9 Å². The van der Waals surface area contributed by atoms with Gasteiger partial charge in [0, 0.05) is 23.7 Å². The maximum atomic E-state index is 12.7. The Hall–Kier alpha value is -2.05. The molecule has 3 rings (SSSR count). The molecule has 0 aliphatic carbocycles. The second-order valence-corrected chi connectivity index (χ2v) is 8.12. The number of aryl methyl sites for hydroxylation is 1. The van der Waals surface area contributed by atoms with Crippen molar-refractivity contribution in [1.82, 2.24) is 0 Å². The van der Waals surface area contributed by atoms with E-state index in [1.807, 2.05) is 6.92 Å². The van der Waals surface area contributed by atoms with Crippen molar-refractivity contribution in [3.05, 3.63) is 52.5 Å². The van der Waals surface area contributed by atoms with Crippen LogP contribution in [0.15, 0.2) is 41.3 Å². The lowest BCUT2D eigenvalue weighted by molar-refractivity contribution is -0.118. The van der Waals surface area contributed by atoms with Gasteiger partial charge in [0.1, 0.15) is 0 Å². The average molecular weight is 379 g/mol. The highest BCUT2D eigenvalue weighted by Gasteiger charge is 2.26. The van der Waals surface area contributed by atoms with E-state index in [9.17, 15) is 13.2 Å². The lowest BCUT2D eigenvalue weighted by Gasteiger charge is -2.17. The normalized spacial score (nSPS) is 13.6. The van der Waals surface area contributed by atoms with Crippen molar-refractivity contribution in [2.75, 3.05) is 16.2 Å². The maximum absolute atomic E-state index is 12.7. The molecule has 0 bridgehead atoms. The van der Waals surface area contributed by atoms with Gasteiger partial charge in [0.05, 0.1) is 10.6 Å². The Labute approximate surface area is 152 Å².